The Bertz CT molecular complexity index is 1090. The molecule has 5 rings (SSSR count). The molecule has 3 aromatic heterocycles. The Morgan fingerprint density at radius 3 is 1.09 bits per heavy atom. The molecular weight excluding hydrogens is 548 g/mol. The van der Waals surface area contributed by atoms with E-state index in [1.165, 1.54) is 0 Å². The van der Waals surface area contributed by atoms with Crippen molar-refractivity contribution >= 4 is 41.0 Å². The minimum Gasteiger partial charge on any atom is -0.238 e. The maximum atomic E-state index is 6.85. The molecular formula is C24H18AgN4S3+. The first-order chi connectivity index (χ1) is 15.1. The van der Waals surface area contributed by atoms with Crippen molar-refractivity contribution in [3.63, 3.8) is 0 Å². The van der Waals surface area contributed by atoms with Crippen molar-refractivity contribution in [1.82, 2.24) is 15.0 Å². The maximum absolute atomic E-state index is 6.85. The Kier molecular flexibility index (Phi) is 9.00. The molecule has 0 spiro atoms. The molecule has 0 radical (unpaired) electrons. The third-order valence-electron chi connectivity index (χ3n) is 4.27. The molecule has 1 aromatic carbocycles. The number of rotatable bonds is 0. The number of aromatic nitrogens is 3. The summed E-state index contributed by atoms with van der Waals surface area (Å²) in [5.41, 5.74) is 2.92. The van der Waals surface area contributed by atoms with Crippen LogP contribution in [0.1, 0.15) is 11.1 Å². The monoisotopic (exact) mass is 565 g/mol. The Hall–Kier alpha value is -2.05. The van der Waals surface area contributed by atoms with Gasteiger partial charge >= 0.3 is 22.4 Å². The van der Waals surface area contributed by atoms with Crippen molar-refractivity contribution in [2.75, 3.05) is 0 Å². The van der Waals surface area contributed by atoms with Crippen LogP contribution < -0.4 is 0 Å². The van der Waals surface area contributed by atoms with Gasteiger partial charge in [0.1, 0.15) is 30.2 Å². The molecule has 6 bridgehead atoms. The van der Waals surface area contributed by atoms with Crippen molar-refractivity contribution in [2.45, 2.75) is 44.0 Å². The van der Waals surface area contributed by atoms with Gasteiger partial charge < -0.3 is 0 Å². The van der Waals surface area contributed by atoms with Gasteiger partial charge in [0.15, 0.2) is 5.69 Å². The summed E-state index contributed by atoms with van der Waals surface area (Å²) >= 11 is 4.75. The Morgan fingerprint density at radius 2 is 0.844 bits per heavy atom. The molecule has 162 valence electrons. The topological polar surface area (TPSA) is 43.0 Å². The van der Waals surface area contributed by atoms with E-state index in [0.29, 0.717) is 0 Å². The van der Waals surface area contributed by atoms with Gasteiger partial charge in [-0.2, -0.15) is 0 Å². The first-order valence-corrected chi connectivity index (χ1v) is 11.9. The fourth-order valence-electron chi connectivity index (χ4n) is 2.83. The van der Waals surface area contributed by atoms with Crippen LogP contribution in [-0.4, -0.2) is 15.0 Å². The molecule has 0 amide bonds. The van der Waals surface area contributed by atoms with E-state index in [0.717, 1.165) is 47.0 Å². The third kappa shape index (κ3) is 6.48. The summed E-state index contributed by atoms with van der Waals surface area (Å²) in [7, 11) is 0. The second kappa shape index (κ2) is 11.7. The molecule has 0 aliphatic carbocycles. The van der Waals surface area contributed by atoms with Crippen LogP contribution in [0.2, 0.25) is 0 Å². The predicted molar refractivity (Wildman–Crippen MR) is 127 cm³/mol. The number of nitrogens with zero attached hydrogens (tertiary/aromatic N) is 4. The average Bonchev–Trinajstić information content (AvgIpc) is 2.75. The summed E-state index contributed by atoms with van der Waals surface area (Å²) in [6, 6.07) is 24.0. The summed E-state index contributed by atoms with van der Waals surface area (Å²) in [5, 5.41) is 5.70. The molecule has 1 aliphatic rings. The van der Waals surface area contributed by atoms with Crippen molar-refractivity contribution in [3.8, 4) is 0 Å². The molecule has 32 heavy (non-hydrogen) atoms. The van der Waals surface area contributed by atoms with Gasteiger partial charge in [0, 0.05) is 0 Å². The average molecular weight is 567 g/mol. The van der Waals surface area contributed by atoms with Gasteiger partial charge in [-0.25, -0.2) is 19.8 Å². The molecule has 4 heterocycles. The van der Waals surface area contributed by atoms with Gasteiger partial charge in [-0.05, 0) is 61.4 Å². The molecule has 0 fully saturated rings. The number of para-hydroxylation sites is 1. The molecule has 1 aliphatic heterocycles. The quantitative estimate of drug-likeness (QED) is 0.143. The van der Waals surface area contributed by atoms with Crippen LogP contribution in [0.25, 0.3) is 4.85 Å². The van der Waals surface area contributed by atoms with Crippen LogP contribution in [-0.2, 0) is 22.4 Å². The van der Waals surface area contributed by atoms with E-state index in [1.807, 2.05) is 86.6 Å². The molecule has 0 N–H and O–H groups in total. The fourth-order valence-corrected chi connectivity index (χ4v) is 5.39. The molecule has 0 saturated carbocycles. The van der Waals surface area contributed by atoms with E-state index in [9.17, 15) is 0 Å². The van der Waals surface area contributed by atoms with Crippen LogP contribution in [0.4, 0.5) is 5.69 Å². The Balaban J connectivity index is 0.000000224. The van der Waals surface area contributed by atoms with E-state index in [4.69, 9.17) is 6.57 Å². The van der Waals surface area contributed by atoms with E-state index < -0.39 is 0 Å². The van der Waals surface area contributed by atoms with Crippen molar-refractivity contribution in [2.24, 2.45) is 0 Å². The smallest absolute Gasteiger partial charge is 0.238 e. The number of hydrogen-bond acceptors (Lipinski definition) is 6. The van der Waals surface area contributed by atoms with Crippen molar-refractivity contribution < 1.29 is 22.4 Å². The molecule has 0 unspecified atom stereocenters. The van der Waals surface area contributed by atoms with E-state index in [1.54, 1.807) is 35.3 Å². The summed E-state index contributed by atoms with van der Waals surface area (Å²) in [5.74, 6) is 0. The standard InChI is InChI=1S/C15H9N3S3.C9H9N.Ag/c1-4-10-16-11(5-1)20-13-7-3-9-15(18-13)21-14-8-2-6-12(17-14)19-10;1-7-5-4-6-8(2)9(7)10-3;/h1-9H;4-6H,1-2H3;/q;;+1. The van der Waals surface area contributed by atoms with Gasteiger partial charge in [0.05, 0.1) is 6.57 Å². The zero-order chi connectivity index (χ0) is 21.6. The van der Waals surface area contributed by atoms with Gasteiger partial charge in [-0.3, -0.25) is 0 Å². The van der Waals surface area contributed by atoms with Crippen LogP contribution in [0.3, 0.4) is 0 Å². The van der Waals surface area contributed by atoms with Crippen LogP contribution in [0, 0.1) is 20.4 Å². The molecule has 8 heteroatoms. The third-order valence-corrected chi connectivity index (χ3v) is 6.89. The summed E-state index contributed by atoms with van der Waals surface area (Å²) in [6.45, 7) is 10.8. The van der Waals surface area contributed by atoms with Crippen LogP contribution in [0.15, 0.2) is 103 Å². The number of hydrogen-bond donors (Lipinski definition) is 0. The van der Waals surface area contributed by atoms with E-state index in [2.05, 4.69) is 19.8 Å². The van der Waals surface area contributed by atoms with Gasteiger partial charge in [0.2, 0.25) is 0 Å². The zero-order valence-corrected chi connectivity index (χ0v) is 21.2. The second-order valence-electron chi connectivity index (χ2n) is 6.60. The number of pyridine rings is 3. The van der Waals surface area contributed by atoms with E-state index in [-0.39, 0.29) is 22.4 Å². The first kappa shape index (κ1) is 24.6. The fraction of sp³-hybridized carbons (Fsp3) is 0.0833. The second-order valence-corrected chi connectivity index (χ2v) is 9.72. The SMILES string of the molecule is [Ag+].[C-]#[N+]c1c(C)cccc1C.c1cc2nc(c1)Sc1cccc(n1)Sc1cccc(n1)S2. The minimum atomic E-state index is 0. The van der Waals surface area contributed by atoms with Crippen molar-refractivity contribution in [3.05, 3.63) is 95.3 Å². The summed E-state index contributed by atoms with van der Waals surface area (Å²) in [6.07, 6.45) is 0. The van der Waals surface area contributed by atoms with Gasteiger partial charge in [-0.15, -0.1) is 0 Å². The van der Waals surface area contributed by atoms with Crippen LogP contribution in [0.5, 0.6) is 0 Å². The summed E-state index contributed by atoms with van der Waals surface area (Å²) in [4.78, 5) is 17.4. The largest absolute Gasteiger partial charge is 1.00 e. The number of benzene rings is 1. The first-order valence-electron chi connectivity index (χ1n) is 9.49. The van der Waals surface area contributed by atoms with Gasteiger partial charge in [0.25, 0.3) is 0 Å². The molecule has 0 saturated heterocycles. The molecule has 0 atom stereocenters. The Labute approximate surface area is 216 Å². The zero-order valence-electron chi connectivity index (χ0n) is 17.2. The van der Waals surface area contributed by atoms with Crippen LogP contribution >= 0.6 is 35.3 Å². The Morgan fingerprint density at radius 1 is 0.562 bits per heavy atom. The molecule has 4 nitrogen and oxygen atoms in total. The summed E-state index contributed by atoms with van der Waals surface area (Å²) < 4.78 is 0. The van der Waals surface area contributed by atoms with Crippen molar-refractivity contribution in [1.29, 1.82) is 0 Å². The number of fused-ring (bicyclic) bond motifs is 6. The van der Waals surface area contributed by atoms with Gasteiger partial charge in [-0.1, -0.05) is 71.7 Å². The predicted octanol–water partition coefficient (Wildman–Crippen LogP) is 7.49. The maximum Gasteiger partial charge on any atom is 1.00 e. The minimum absolute atomic E-state index is 0. The normalized spacial score (nSPS) is 11.4. The molecule has 4 aromatic rings. The van der Waals surface area contributed by atoms with E-state index >= 15 is 0 Å². The number of aryl methyl sites for hydroxylation is 2.